The summed E-state index contributed by atoms with van der Waals surface area (Å²) in [7, 11) is 4.07. The van der Waals surface area contributed by atoms with Gasteiger partial charge < -0.3 is 4.90 Å². The minimum absolute atomic E-state index is 0.0818. The van der Waals surface area contributed by atoms with E-state index in [0.29, 0.717) is 0 Å². The summed E-state index contributed by atoms with van der Waals surface area (Å²) in [4.78, 5) is 26.1. The first kappa shape index (κ1) is 20.2. The van der Waals surface area contributed by atoms with Crippen LogP contribution in [0.15, 0.2) is 47.1 Å². The van der Waals surface area contributed by atoms with Gasteiger partial charge in [0.05, 0.1) is 28.6 Å². The van der Waals surface area contributed by atoms with E-state index in [4.69, 9.17) is 9.97 Å². The fourth-order valence-electron chi connectivity index (χ4n) is 4.64. The smallest absolute Gasteiger partial charge is 0.271 e. The molecule has 0 N–H and O–H groups in total. The van der Waals surface area contributed by atoms with Crippen molar-refractivity contribution in [3.05, 3.63) is 58.3 Å². The number of pyridine rings is 1. The Kier molecular flexibility index (Phi) is 5.26. The van der Waals surface area contributed by atoms with Gasteiger partial charge in [-0.05, 0) is 37.8 Å². The first-order valence-electron chi connectivity index (χ1n) is 11.1. The number of hydrogen-bond donors (Lipinski definition) is 0. The third-order valence-corrected chi connectivity index (χ3v) is 7.45. The van der Waals surface area contributed by atoms with Gasteiger partial charge in [0.2, 0.25) is 0 Å². The lowest BCUT2D eigenvalue weighted by Crippen LogP contribution is -2.26. The highest BCUT2D eigenvalue weighted by Gasteiger charge is 2.22. The summed E-state index contributed by atoms with van der Waals surface area (Å²) >= 11 is 1.48. The zero-order valence-corrected chi connectivity index (χ0v) is 19.2. The third kappa shape index (κ3) is 3.63. The summed E-state index contributed by atoms with van der Waals surface area (Å²) in [5.74, 6) is 0. The molecule has 3 heterocycles. The highest BCUT2D eigenvalue weighted by molar-refractivity contribution is 7.25. The van der Waals surface area contributed by atoms with Crippen LogP contribution in [0.25, 0.3) is 26.0 Å². The lowest BCUT2D eigenvalue weighted by Gasteiger charge is -2.23. The summed E-state index contributed by atoms with van der Waals surface area (Å²) in [5.41, 5.74) is 5.26. The fraction of sp³-hybridized carbons (Fsp3) is 0.400. The number of hydrogen-bond acceptors (Lipinski definition) is 5. The molecule has 2 aliphatic carbocycles. The van der Waals surface area contributed by atoms with Crippen LogP contribution < -0.4 is 10.5 Å². The second-order valence-electron chi connectivity index (χ2n) is 8.87. The second-order valence-corrected chi connectivity index (χ2v) is 9.87. The van der Waals surface area contributed by atoms with Gasteiger partial charge in [0.1, 0.15) is 9.53 Å². The van der Waals surface area contributed by atoms with Crippen LogP contribution in [0, 0.1) is 0 Å². The summed E-state index contributed by atoms with van der Waals surface area (Å²) in [6.07, 6.45) is 17.1. The molecule has 3 aromatic heterocycles. The Morgan fingerprint density at radius 3 is 2.74 bits per heavy atom. The predicted molar refractivity (Wildman–Crippen MR) is 131 cm³/mol. The number of allylic oxidation sites excluding steroid dienone is 6. The molecular formula is C25H28N4OS. The van der Waals surface area contributed by atoms with E-state index in [1.807, 2.05) is 18.7 Å². The van der Waals surface area contributed by atoms with Gasteiger partial charge in [-0.15, -0.1) is 11.3 Å². The number of aromatic nitrogens is 3. The molecule has 1 saturated carbocycles. The van der Waals surface area contributed by atoms with Crippen molar-refractivity contribution in [3.8, 4) is 0 Å². The van der Waals surface area contributed by atoms with Crippen molar-refractivity contribution in [2.45, 2.75) is 51.5 Å². The Morgan fingerprint density at radius 1 is 1.16 bits per heavy atom. The standard InChI is InChI=1S/C25H28N4OS/c1-16-8-7-9-17(13-12-16)19-14-20(28(2)3)21-22-23(31-24(21)27-19)25(30)29(15-26-22)18-10-5-4-6-11-18/h7,9,12-15,18H,4-6,8,10-11H2,1-3H3. The number of fused-ring (bicyclic) bond motifs is 3. The molecule has 2 aliphatic rings. The maximum atomic E-state index is 13.4. The molecule has 0 unspecified atom stereocenters. The van der Waals surface area contributed by atoms with Crippen LogP contribution in [0.3, 0.4) is 0 Å². The Labute approximate surface area is 186 Å². The molecule has 160 valence electrons. The highest BCUT2D eigenvalue weighted by atomic mass is 32.1. The van der Waals surface area contributed by atoms with E-state index in [1.54, 1.807) is 6.33 Å². The third-order valence-electron chi connectivity index (χ3n) is 6.39. The number of thiophene rings is 1. The SMILES string of the molecule is CC1=CC=C(c2cc(N(C)C)c3c(n2)sc2c(=O)n(C4CCCCC4)cnc23)C=CC1. The molecule has 0 atom stereocenters. The molecule has 5 nitrogen and oxygen atoms in total. The zero-order chi connectivity index (χ0) is 21.5. The molecule has 0 radical (unpaired) electrons. The first-order chi connectivity index (χ1) is 15.0. The van der Waals surface area contributed by atoms with Crippen molar-refractivity contribution < 1.29 is 0 Å². The molecular weight excluding hydrogens is 404 g/mol. The van der Waals surface area contributed by atoms with Crippen LogP contribution in [-0.2, 0) is 0 Å². The molecule has 1 fully saturated rings. The van der Waals surface area contributed by atoms with Gasteiger partial charge >= 0.3 is 0 Å². The Morgan fingerprint density at radius 2 is 1.97 bits per heavy atom. The summed E-state index contributed by atoms with van der Waals surface area (Å²) in [6, 6.07) is 2.39. The number of anilines is 1. The summed E-state index contributed by atoms with van der Waals surface area (Å²) in [5, 5.41) is 0.978. The van der Waals surface area contributed by atoms with Crippen LogP contribution in [0.2, 0.25) is 0 Å². The van der Waals surface area contributed by atoms with E-state index in [-0.39, 0.29) is 11.6 Å². The number of nitrogens with zero attached hydrogens (tertiary/aromatic N) is 4. The lowest BCUT2D eigenvalue weighted by atomic mass is 9.95. The lowest BCUT2D eigenvalue weighted by molar-refractivity contribution is 0.345. The van der Waals surface area contributed by atoms with E-state index >= 15 is 0 Å². The average molecular weight is 433 g/mol. The molecule has 31 heavy (non-hydrogen) atoms. The molecule has 0 aromatic carbocycles. The van der Waals surface area contributed by atoms with Crippen molar-refractivity contribution in [2.24, 2.45) is 0 Å². The van der Waals surface area contributed by atoms with Gasteiger partial charge in [-0.1, -0.05) is 49.1 Å². The molecule has 6 heteroatoms. The topological polar surface area (TPSA) is 51.0 Å². The Hall–Kier alpha value is -2.73. The van der Waals surface area contributed by atoms with Crippen molar-refractivity contribution in [1.82, 2.24) is 14.5 Å². The monoisotopic (exact) mass is 432 g/mol. The normalized spacial score (nSPS) is 17.6. The minimum Gasteiger partial charge on any atom is -0.377 e. The van der Waals surface area contributed by atoms with Gasteiger partial charge in [-0.3, -0.25) is 9.36 Å². The van der Waals surface area contributed by atoms with Gasteiger partial charge in [-0.25, -0.2) is 9.97 Å². The van der Waals surface area contributed by atoms with E-state index in [1.165, 1.54) is 36.2 Å². The van der Waals surface area contributed by atoms with Crippen LogP contribution in [0.4, 0.5) is 5.69 Å². The van der Waals surface area contributed by atoms with Gasteiger partial charge in [0.15, 0.2) is 0 Å². The first-order valence-corrected chi connectivity index (χ1v) is 11.9. The van der Waals surface area contributed by atoms with Crippen LogP contribution in [0.5, 0.6) is 0 Å². The molecule has 0 spiro atoms. The number of rotatable bonds is 3. The maximum Gasteiger partial charge on any atom is 0.271 e. The molecule has 0 aliphatic heterocycles. The minimum atomic E-state index is 0.0818. The predicted octanol–water partition coefficient (Wildman–Crippen LogP) is 5.87. The maximum absolute atomic E-state index is 13.4. The molecule has 0 saturated heterocycles. The van der Waals surface area contributed by atoms with Crippen molar-refractivity contribution in [3.63, 3.8) is 0 Å². The largest absolute Gasteiger partial charge is 0.377 e. The summed E-state index contributed by atoms with van der Waals surface area (Å²) < 4.78 is 2.59. The van der Waals surface area contributed by atoms with Crippen molar-refractivity contribution in [1.29, 1.82) is 0 Å². The van der Waals surface area contributed by atoms with Crippen LogP contribution in [0.1, 0.15) is 57.2 Å². The van der Waals surface area contributed by atoms with Gasteiger partial charge in [0.25, 0.3) is 5.56 Å². The Balaban J connectivity index is 1.72. The molecule has 0 amide bonds. The van der Waals surface area contributed by atoms with Gasteiger partial charge in [0, 0.05) is 20.1 Å². The van der Waals surface area contributed by atoms with Crippen LogP contribution in [-0.4, -0.2) is 28.6 Å². The van der Waals surface area contributed by atoms with Crippen molar-refractivity contribution >= 4 is 43.0 Å². The van der Waals surface area contributed by atoms with Crippen molar-refractivity contribution in [2.75, 3.05) is 19.0 Å². The second kappa shape index (κ2) is 8.08. The molecule has 3 aromatic rings. The quantitative estimate of drug-likeness (QED) is 0.520. The Bertz CT molecular complexity index is 1300. The van der Waals surface area contributed by atoms with E-state index in [9.17, 15) is 4.79 Å². The summed E-state index contributed by atoms with van der Waals surface area (Å²) in [6.45, 7) is 2.14. The van der Waals surface area contributed by atoms with E-state index in [2.05, 4.69) is 42.2 Å². The average Bonchev–Trinajstić information content (AvgIpc) is 3.01. The fourth-order valence-corrected chi connectivity index (χ4v) is 5.72. The van der Waals surface area contributed by atoms with E-state index in [0.717, 1.165) is 56.7 Å². The molecule has 0 bridgehead atoms. The highest BCUT2D eigenvalue weighted by Crippen LogP contribution is 2.38. The zero-order valence-electron chi connectivity index (χ0n) is 18.4. The van der Waals surface area contributed by atoms with Gasteiger partial charge in [-0.2, -0.15) is 0 Å². The van der Waals surface area contributed by atoms with Crippen LogP contribution >= 0.6 is 11.3 Å². The van der Waals surface area contributed by atoms with E-state index < -0.39 is 0 Å². The molecule has 5 rings (SSSR count).